The van der Waals surface area contributed by atoms with E-state index < -0.39 is 5.97 Å². The lowest BCUT2D eigenvalue weighted by Crippen LogP contribution is -2.37. The molecule has 1 unspecified atom stereocenters. The minimum Gasteiger partial charge on any atom is -0.478 e. The summed E-state index contributed by atoms with van der Waals surface area (Å²) in [5.41, 5.74) is 1.01. The van der Waals surface area contributed by atoms with Gasteiger partial charge in [-0.25, -0.2) is 4.79 Å². The molecule has 1 aliphatic heterocycles. The van der Waals surface area contributed by atoms with E-state index in [-0.39, 0.29) is 11.8 Å². The molecule has 5 nitrogen and oxygen atoms in total. The Morgan fingerprint density at radius 3 is 2.85 bits per heavy atom. The van der Waals surface area contributed by atoms with Crippen molar-refractivity contribution in [3.63, 3.8) is 0 Å². The van der Waals surface area contributed by atoms with Gasteiger partial charge in [-0.3, -0.25) is 0 Å². The molecule has 2 N–H and O–H groups in total. The van der Waals surface area contributed by atoms with Crippen LogP contribution in [0.1, 0.15) is 48.0 Å². The molecule has 20 heavy (non-hydrogen) atoms. The maximum absolute atomic E-state index is 11.0. The van der Waals surface area contributed by atoms with Crippen LogP contribution >= 0.6 is 0 Å². The van der Waals surface area contributed by atoms with E-state index in [1.54, 1.807) is 18.2 Å². The van der Waals surface area contributed by atoms with E-state index in [2.05, 4.69) is 10.5 Å². The second-order valence-electron chi connectivity index (χ2n) is 5.39. The molecule has 2 aliphatic rings. The molecule has 1 aromatic carbocycles. The zero-order chi connectivity index (χ0) is 13.9. The molecule has 0 radical (unpaired) electrons. The van der Waals surface area contributed by atoms with Gasteiger partial charge in [0.25, 0.3) is 0 Å². The number of nitrogens with one attached hydrogen (secondary N) is 1. The Hall–Kier alpha value is -2.04. The fourth-order valence-corrected chi connectivity index (χ4v) is 2.87. The second-order valence-corrected chi connectivity index (χ2v) is 5.39. The topological polar surface area (TPSA) is 70.9 Å². The van der Waals surface area contributed by atoms with Crippen LogP contribution in [-0.2, 0) is 4.84 Å². The molecule has 1 fully saturated rings. The van der Waals surface area contributed by atoms with E-state index in [1.807, 2.05) is 6.07 Å². The molecule has 1 atom stereocenters. The van der Waals surface area contributed by atoms with Gasteiger partial charge in [0, 0.05) is 11.5 Å². The van der Waals surface area contributed by atoms with Gasteiger partial charge in [0.1, 0.15) is 0 Å². The standard InChI is InChI=1S/C15H18N2O3/c18-15(19)12-8-4-7-11(9-12)13-16-14(20-17-13)10-5-2-1-3-6-10/h4,7-10,14H,1-3,5-6H2,(H,16,17)(H,18,19). The quantitative estimate of drug-likeness (QED) is 0.888. The number of benzene rings is 1. The van der Waals surface area contributed by atoms with Crippen molar-refractivity contribution in [3.05, 3.63) is 35.4 Å². The summed E-state index contributed by atoms with van der Waals surface area (Å²) in [5.74, 6) is 0.187. The van der Waals surface area contributed by atoms with E-state index in [0.717, 1.165) is 18.4 Å². The average Bonchev–Trinajstić information content (AvgIpc) is 2.98. The van der Waals surface area contributed by atoms with E-state index in [0.29, 0.717) is 11.8 Å². The lowest BCUT2D eigenvalue weighted by atomic mass is 9.88. The summed E-state index contributed by atoms with van der Waals surface area (Å²) in [7, 11) is 0. The van der Waals surface area contributed by atoms with Crippen molar-refractivity contribution in [2.75, 3.05) is 0 Å². The lowest BCUT2D eigenvalue weighted by Gasteiger charge is -2.25. The minimum absolute atomic E-state index is 0.0706. The molecule has 1 aliphatic carbocycles. The van der Waals surface area contributed by atoms with E-state index in [4.69, 9.17) is 9.94 Å². The summed E-state index contributed by atoms with van der Waals surface area (Å²) in [6.45, 7) is 0. The van der Waals surface area contributed by atoms with Gasteiger partial charge in [-0.05, 0) is 25.0 Å². The Morgan fingerprint density at radius 2 is 2.10 bits per heavy atom. The Morgan fingerprint density at radius 1 is 1.30 bits per heavy atom. The van der Waals surface area contributed by atoms with Crippen molar-refractivity contribution in [2.45, 2.75) is 38.3 Å². The van der Waals surface area contributed by atoms with Crippen molar-refractivity contribution in [1.82, 2.24) is 5.32 Å². The summed E-state index contributed by atoms with van der Waals surface area (Å²) < 4.78 is 0. The first kappa shape index (κ1) is 13.0. The summed E-state index contributed by atoms with van der Waals surface area (Å²) in [5, 5.41) is 16.4. The van der Waals surface area contributed by atoms with Gasteiger partial charge in [-0.2, -0.15) is 0 Å². The first-order chi connectivity index (χ1) is 9.74. The molecule has 106 valence electrons. The predicted molar refractivity (Wildman–Crippen MR) is 74.5 cm³/mol. The SMILES string of the molecule is O=C(O)c1cccc(C2=NOC(C3CCCCC3)N2)c1. The van der Waals surface area contributed by atoms with Crippen LogP contribution in [-0.4, -0.2) is 23.1 Å². The minimum atomic E-state index is -0.935. The number of aromatic carboxylic acids is 1. The molecule has 1 aromatic rings. The number of hydrogen-bond acceptors (Lipinski definition) is 4. The van der Waals surface area contributed by atoms with Crippen molar-refractivity contribution < 1.29 is 14.7 Å². The summed E-state index contributed by atoms with van der Waals surface area (Å²) in [6.07, 6.45) is 6.05. The van der Waals surface area contributed by atoms with Gasteiger partial charge in [0.05, 0.1) is 5.56 Å². The van der Waals surface area contributed by atoms with Crippen LogP contribution in [0.2, 0.25) is 0 Å². The molecule has 0 aromatic heterocycles. The number of carboxylic acid groups (broad SMARTS) is 1. The molecular weight excluding hydrogens is 256 g/mol. The molecule has 3 rings (SSSR count). The smallest absolute Gasteiger partial charge is 0.335 e. The first-order valence-corrected chi connectivity index (χ1v) is 7.08. The van der Waals surface area contributed by atoms with Crippen molar-refractivity contribution in [1.29, 1.82) is 0 Å². The summed E-state index contributed by atoms with van der Waals surface area (Å²) in [4.78, 5) is 16.5. The molecule has 0 bridgehead atoms. The van der Waals surface area contributed by atoms with Gasteiger partial charge < -0.3 is 15.3 Å². The van der Waals surface area contributed by atoms with Crippen LogP contribution in [0.5, 0.6) is 0 Å². The highest BCUT2D eigenvalue weighted by molar-refractivity contribution is 6.01. The Kier molecular flexibility index (Phi) is 3.58. The highest BCUT2D eigenvalue weighted by atomic mass is 16.7. The molecule has 1 heterocycles. The van der Waals surface area contributed by atoms with Gasteiger partial charge in [-0.1, -0.05) is 36.6 Å². The molecule has 5 heteroatoms. The average molecular weight is 274 g/mol. The number of nitrogens with zero attached hydrogens (tertiary/aromatic N) is 1. The number of oxime groups is 1. The maximum Gasteiger partial charge on any atom is 0.335 e. The van der Waals surface area contributed by atoms with Crippen molar-refractivity contribution in [3.8, 4) is 0 Å². The van der Waals surface area contributed by atoms with E-state index in [9.17, 15) is 4.79 Å². The van der Waals surface area contributed by atoms with Crippen molar-refractivity contribution in [2.24, 2.45) is 11.1 Å². The summed E-state index contributed by atoms with van der Waals surface area (Å²) in [6, 6.07) is 6.74. The third kappa shape index (κ3) is 2.61. The van der Waals surface area contributed by atoms with E-state index in [1.165, 1.54) is 19.3 Å². The second kappa shape index (κ2) is 5.53. The highest BCUT2D eigenvalue weighted by Crippen LogP contribution is 2.28. The van der Waals surface area contributed by atoms with Gasteiger partial charge in [0.2, 0.25) is 6.23 Å². The highest BCUT2D eigenvalue weighted by Gasteiger charge is 2.30. The zero-order valence-electron chi connectivity index (χ0n) is 11.2. The van der Waals surface area contributed by atoms with Crippen LogP contribution in [0.15, 0.2) is 29.4 Å². The summed E-state index contributed by atoms with van der Waals surface area (Å²) >= 11 is 0. The number of hydrogen-bond donors (Lipinski definition) is 2. The van der Waals surface area contributed by atoms with Gasteiger partial charge in [0.15, 0.2) is 5.84 Å². The number of carbonyl (C=O) groups is 1. The number of amidine groups is 1. The van der Waals surface area contributed by atoms with Gasteiger partial charge in [-0.15, -0.1) is 0 Å². The van der Waals surface area contributed by atoms with Crippen LogP contribution < -0.4 is 5.32 Å². The fourth-order valence-electron chi connectivity index (χ4n) is 2.87. The van der Waals surface area contributed by atoms with E-state index >= 15 is 0 Å². The normalized spacial score (nSPS) is 22.8. The Labute approximate surface area is 117 Å². The molecule has 0 amide bonds. The predicted octanol–water partition coefficient (Wildman–Crippen LogP) is 2.57. The molecule has 1 saturated carbocycles. The Bertz CT molecular complexity index is 536. The van der Waals surface area contributed by atoms with Crippen molar-refractivity contribution >= 4 is 11.8 Å². The van der Waals surface area contributed by atoms with Crippen LogP contribution in [0.4, 0.5) is 0 Å². The Balaban J connectivity index is 1.70. The number of rotatable bonds is 3. The van der Waals surface area contributed by atoms with Crippen LogP contribution in [0.3, 0.4) is 0 Å². The van der Waals surface area contributed by atoms with Crippen LogP contribution in [0, 0.1) is 5.92 Å². The third-order valence-corrected chi connectivity index (χ3v) is 4.00. The first-order valence-electron chi connectivity index (χ1n) is 7.08. The van der Waals surface area contributed by atoms with Gasteiger partial charge >= 0.3 is 5.97 Å². The zero-order valence-corrected chi connectivity index (χ0v) is 11.2. The third-order valence-electron chi connectivity index (χ3n) is 4.00. The molecule has 0 saturated heterocycles. The maximum atomic E-state index is 11.0. The largest absolute Gasteiger partial charge is 0.478 e. The lowest BCUT2D eigenvalue weighted by molar-refractivity contribution is 0.0145. The monoisotopic (exact) mass is 274 g/mol. The molecule has 0 spiro atoms. The molecular formula is C15H18N2O3. The fraction of sp³-hybridized carbons (Fsp3) is 0.467. The van der Waals surface area contributed by atoms with Crippen LogP contribution in [0.25, 0.3) is 0 Å². The number of carboxylic acids is 1.